The summed E-state index contributed by atoms with van der Waals surface area (Å²) in [6.07, 6.45) is -4.66. The van der Waals surface area contributed by atoms with E-state index < -0.39 is 33.1 Å². The van der Waals surface area contributed by atoms with Gasteiger partial charge in [-0.1, -0.05) is 0 Å². The highest BCUT2D eigenvalue weighted by molar-refractivity contribution is 7.91. The molecule has 2 aromatic carbocycles. The minimum absolute atomic E-state index is 0.233. The maximum atomic E-state index is 12.8. The third-order valence-electron chi connectivity index (χ3n) is 2.76. The Kier molecular flexibility index (Phi) is 3.66. The summed E-state index contributed by atoms with van der Waals surface area (Å²) in [7, 11) is -4.05. The maximum Gasteiger partial charge on any atom is 0.418 e. The van der Waals surface area contributed by atoms with E-state index in [1.807, 2.05) is 0 Å². The molecule has 0 saturated carbocycles. The predicted molar refractivity (Wildman–Crippen MR) is 67.7 cm³/mol. The second-order valence-electron chi connectivity index (χ2n) is 4.20. The third kappa shape index (κ3) is 2.99. The van der Waals surface area contributed by atoms with Crippen LogP contribution in [0.5, 0.6) is 0 Å². The minimum atomic E-state index is -4.66. The molecule has 0 spiro atoms. The Balaban J connectivity index is 2.51. The Bertz CT molecular complexity index is 768. The molecule has 0 aromatic heterocycles. The van der Waals surface area contributed by atoms with Gasteiger partial charge in [0, 0.05) is 5.69 Å². The largest absolute Gasteiger partial charge is 0.418 e. The van der Waals surface area contributed by atoms with Gasteiger partial charge in [0.1, 0.15) is 5.82 Å². The molecule has 0 fully saturated rings. The average Bonchev–Trinajstić information content (AvgIpc) is 2.37. The van der Waals surface area contributed by atoms with E-state index in [-0.39, 0.29) is 9.79 Å². The van der Waals surface area contributed by atoms with Crippen LogP contribution < -0.4 is 5.73 Å². The first-order valence-electron chi connectivity index (χ1n) is 5.60. The molecule has 0 saturated heterocycles. The second-order valence-corrected chi connectivity index (χ2v) is 6.15. The normalized spacial score (nSPS) is 12.4. The van der Waals surface area contributed by atoms with Crippen LogP contribution in [0.15, 0.2) is 52.3 Å². The van der Waals surface area contributed by atoms with E-state index in [4.69, 9.17) is 5.73 Å². The van der Waals surface area contributed by atoms with Crippen LogP contribution in [0.1, 0.15) is 5.56 Å². The molecule has 2 N–H and O–H groups in total. The van der Waals surface area contributed by atoms with E-state index in [2.05, 4.69) is 0 Å². The molecule has 0 unspecified atom stereocenters. The average molecular weight is 319 g/mol. The first-order chi connectivity index (χ1) is 9.62. The van der Waals surface area contributed by atoms with Crippen LogP contribution in [0.3, 0.4) is 0 Å². The van der Waals surface area contributed by atoms with Crippen molar-refractivity contribution in [1.82, 2.24) is 0 Å². The van der Waals surface area contributed by atoms with Crippen molar-refractivity contribution in [1.29, 1.82) is 0 Å². The number of benzene rings is 2. The lowest BCUT2D eigenvalue weighted by atomic mass is 10.2. The van der Waals surface area contributed by atoms with Crippen molar-refractivity contribution >= 4 is 15.5 Å². The molecule has 8 heteroatoms. The number of anilines is 1. The molecule has 0 radical (unpaired) electrons. The Hall–Kier alpha value is -2.09. The van der Waals surface area contributed by atoms with Gasteiger partial charge in [-0.05, 0) is 42.5 Å². The van der Waals surface area contributed by atoms with Crippen LogP contribution in [0.4, 0.5) is 23.2 Å². The summed E-state index contributed by atoms with van der Waals surface area (Å²) in [5.74, 6) is -0.624. The van der Waals surface area contributed by atoms with Gasteiger partial charge in [-0.15, -0.1) is 0 Å². The molecule has 21 heavy (non-hydrogen) atoms. The van der Waals surface area contributed by atoms with Crippen molar-refractivity contribution in [3.05, 3.63) is 53.8 Å². The zero-order valence-corrected chi connectivity index (χ0v) is 11.2. The lowest BCUT2D eigenvalue weighted by Crippen LogP contribution is -2.10. The molecule has 0 amide bonds. The molecule has 0 aliphatic carbocycles. The summed E-state index contributed by atoms with van der Waals surface area (Å²) in [6.45, 7) is 0. The van der Waals surface area contributed by atoms with Gasteiger partial charge >= 0.3 is 6.18 Å². The molecule has 112 valence electrons. The summed E-state index contributed by atoms with van der Waals surface area (Å²) >= 11 is 0. The first kappa shape index (κ1) is 15.3. The van der Waals surface area contributed by atoms with Crippen molar-refractivity contribution < 1.29 is 26.0 Å². The Morgan fingerprint density at radius 2 is 1.43 bits per heavy atom. The van der Waals surface area contributed by atoms with Crippen molar-refractivity contribution in [3.8, 4) is 0 Å². The van der Waals surface area contributed by atoms with Crippen LogP contribution in [0.25, 0.3) is 0 Å². The molecular weight excluding hydrogens is 310 g/mol. The molecule has 3 nitrogen and oxygen atoms in total. The van der Waals surface area contributed by atoms with E-state index in [1.165, 1.54) is 0 Å². The molecule has 0 atom stereocenters. The van der Waals surface area contributed by atoms with E-state index in [0.29, 0.717) is 6.07 Å². The van der Waals surface area contributed by atoms with Gasteiger partial charge in [0.15, 0.2) is 0 Å². The van der Waals surface area contributed by atoms with Gasteiger partial charge in [0.05, 0.1) is 15.4 Å². The molecule has 0 aliphatic heterocycles. The fourth-order valence-electron chi connectivity index (χ4n) is 1.72. The fraction of sp³-hybridized carbons (Fsp3) is 0.0769. The number of hydrogen-bond acceptors (Lipinski definition) is 3. The zero-order valence-electron chi connectivity index (χ0n) is 10.4. The van der Waals surface area contributed by atoms with Crippen molar-refractivity contribution in [3.63, 3.8) is 0 Å². The van der Waals surface area contributed by atoms with Crippen molar-refractivity contribution in [2.75, 3.05) is 5.73 Å². The summed E-state index contributed by atoms with van der Waals surface area (Å²) in [4.78, 5) is -0.623. The van der Waals surface area contributed by atoms with E-state index >= 15 is 0 Å². The van der Waals surface area contributed by atoms with E-state index in [9.17, 15) is 26.0 Å². The number of nitrogens with two attached hydrogens (primary N) is 1. The molecule has 2 aromatic rings. The highest BCUT2D eigenvalue weighted by Crippen LogP contribution is 2.35. The van der Waals surface area contributed by atoms with Crippen LogP contribution in [0.2, 0.25) is 0 Å². The molecule has 0 aliphatic rings. The molecule has 0 heterocycles. The maximum absolute atomic E-state index is 12.8. The quantitative estimate of drug-likeness (QED) is 0.525. The Labute approximate surface area is 117 Å². The van der Waals surface area contributed by atoms with Crippen LogP contribution >= 0.6 is 0 Å². The number of alkyl halides is 3. The van der Waals surface area contributed by atoms with Crippen LogP contribution in [0, 0.1) is 5.82 Å². The smallest absolute Gasteiger partial charge is 0.398 e. The van der Waals surface area contributed by atoms with Gasteiger partial charge in [-0.2, -0.15) is 13.2 Å². The Morgan fingerprint density at radius 3 is 1.90 bits per heavy atom. The lowest BCUT2D eigenvalue weighted by Gasteiger charge is -2.11. The molecule has 0 bridgehead atoms. The van der Waals surface area contributed by atoms with Crippen LogP contribution in [-0.4, -0.2) is 8.42 Å². The molecule has 2 rings (SSSR count). The third-order valence-corrected chi connectivity index (χ3v) is 4.53. The van der Waals surface area contributed by atoms with Gasteiger partial charge in [-0.3, -0.25) is 0 Å². The lowest BCUT2D eigenvalue weighted by molar-refractivity contribution is -0.136. The topological polar surface area (TPSA) is 60.2 Å². The zero-order chi connectivity index (χ0) is 15.8. The minimum Gasteiger partial charge on any atom is -0.398 e. The van der Waals surface area contributed by atoms with Crippen molar-refractivity contribution in [2.24, 2.45) is 0 Å². The highest BCUT2D eigenvalue weighted by atomic mass is 32.2. The molecular formula is C13H9F4NO2S. The standard InChI is InChI=1S/C13H9F4NO2S/c14-8-1-3-9(4-2-8)21(19,20)10-5-6-11(12(18)7-10)13(15,16)17/h1-7H,18H2. The van der Waals surface area contributed by atoms with Gasteiger partial charge in [0.2, 0.25) is 9.84 Å². The summed E-state index contributed by atoms with van der Waals surface area (Å²) < 4.78 is 74.9. The number of rotatable bonds is 2. The summed E-state index contributed by atoms with van der Waals surface area (Å²) in [6, 6.07) is 6.10. The Morgan fingerprint density at radius 1 is 0.905 bits per heavy atom. The van der Waals surface area contributed by atoms with Crippen LogP contribution in [-0.2, 0) is 16.0 Å². The van der Waals surface area contributed by atoms with E-state index in [0.717, 1.165) is 36.4 Å². The van der Waals surface area contributed by atoms with Gasteiger partial charge in [-0.25, -0.2) is 12.8 Å². The SMILES string of the molecule is Nc1cc(S(=O)(=O)c2ccc(F)cc2)ccc1C(F)(F)F. The number of sulfone groups is 1. The first-order valence-corrected chi connectivity index (χ1v) is 7.08. The number of halogens is 4. The summed E-state index contributed by atoms with van der Waals surface area (Å²) in [5.41, 5.74) is 3.46. The van der Waals surface area contributed by atoms with E-state index in [1.54, 1.807) is 0 Å². The monoisotopic (exact) mass is 319 g/mol. The van der Waals surface area contributed by atoms with Crippen molar-refractivity contribution in [2.45, 2.75) is 16.0 Å². The predicted octanol–water partition coefficient (Wildman–Crippen LogP) is 3.26. The second kappa shape index (κ2) is 5.03. The number of hydrogen-bond donors (Lipinski definition) is 1. The van der Waals surface area contributed by atoms with Gasteiger partial charge < -0.3 is 5.73 Å². The fourth-order valence-corrected chi connectivity index (χ4v) is 3.01. The highest BCUT2D eigenvalue weighted by Gasteiger charge is 2.33. The summed E-state index contributed by atoms with van der Waals surface area (Å²) in [5, 5.41) is 0. The number of nitrogen functional groups attached to an aromatic ring is 1. The van der Waals surface area contributed by atoms with Gasteiger partial charge in [0.25, 0.3) is 0 Å².